The minimum Gasteiger partial charge on any atom is -0.508 e. The van der Waals surface area contributed by atoms with E-state index in [1.807, 2.05) is 12.1 Å². The molecule has 2 heteroatoms. The molecule has 0 saturated heterocycles. The average Bonchev–Trinajstić information content (AvgIpc) is 2.27. The Labute approximate surface area is 92.5 Å². The number of benzene rings is 1. The van der Waals surface area contributed by atoms with Crippen molar-refractivity contribution in [2.24, 2.45) is 0 Å². The zero-order valence-electron chi connectivity index (χ0n) is 9.90. The Morgan fingerprint density at radius 3 is 2.27 bits per heavy atom. The van der Waals surface area contributed by atoms with Crippen molar-refractivity contribution in [2.45, 2.75) is 39.8 Å². The van der Waals surface area contributed by atoms with E-state index in [1.165, 1.54) is 12.0 Å². The summed E-state index contributed by atoms with van der Waals surface area (Å²) in [6.07, 6.45) is 1.17. The Bertz CT molecular complexity index is 281. The second-order valence-electron chi connectivity index (χ2n) is 3.99. The second kappa shape index (κ2) is 5.76. The molecular weight excluding hydrogens is 186 g/mol. The van der Waals surface area contributed by atoms with Gasteiger partial charge in [-0.05, 0) is 37.6 Å². The third-order valence-corrected chi connectivity index (χ3v) is 2.94. The zero-order chi connectivity index (χ0) is 11.3. The van der Waals surface area contributed by atoms with Crippen LogP contribution in [0.25, 0.3) is 0 Å². The van der Waals surface area contributed by atoms with Gasteiger partial charge in [0.25, 0.3) is 0 Å². The molecule has 15 heavy (non-hydrogen) atoms. The lowest BCUT2D eigenvalue weighted by molar-refractivity contribution is 0.206. The van der Waals surface area contributed by atoms with E-state index in [-0.39, 0.29) is 0 Å². The summed E-state index contributed by atoms with van der Waals surface area (Å²) in [5, 5.41) is 9.19. The van der Waals surface area contributed by atoms with Crippen molar-refractivity contribution in [2.75, 3.05) is 6.54 Å². The van der Waals surface area contributed by atoms with E-state index in [2.05, 4.69) is 25.7 Å². The monoisotopic (exact) mass is 207 g/mol. The van der Waals surface area contributed by atoms with Gasteiger partial charge in [-0.15, -0.1) is 0 Å². The van der Waals surface area contributed by atoms with Crippen LogP contribution in [-0.4, -0.2) is 22.6 Å². The van der Waals surface area contributed by atoms with Crippen LogP contribution in [0.2, 0.25) is 0 Å². The van der Waals surface area contributed by atoms with Gasteiger partial charge in [-0.3, -0.25) is 4.90 Å². The molecule has 1 rings (SSSR count). The summed E-state index contributed by atoms with van der Waals surface area (Å²) in [6.45, 7) is 8.68. The SMILES string of the molecule is CCC(C)N(CC)Cc1ccc(O)cc1. The molecule has 0 spiro atoms. The van der Waals surface area contributed by atoms with Crippen LogP contribution in [0.5, 0.6) is 5.75 Å². The normalized spacial score (nSPS) is 13.1. The van der Waals surface area contributed by atoms with E-state index in [0.717, 1.165) is 13.1 Å². The van der Waals surface area contributed by atoms with Gasteiger partial charge in [0.2, 0.25) is 0 Å². The maximum absolute atomic E-state index is 9.19. The van der Waals surface area contributed by atoms with Crippen LogP contribution in [0.1, 0.15) is 32.8 Å². The number of nitrogens with zero attached hydrogens (tertiary/aromatic N) is 1. The number of hydrogen-bond acceptors (Lipinski definition) is 2. The third-order valence-electron chi connectivity index (χ3n) is 2.94. The maximum Gasteiger partial charge on any atom is 0.115 e. The van der Waals surface area contributed by atoms with Crippen LogP contribution < -0.4 is 0 Å². The smallest absolute Gasteiger partial charge is 0.115 e. The van der Waals surface area contributed by atoms with Crippen molar-refractivity contribution < 1.29 is 5.11 Å². The van der Waals surface area contributed by atoms with Crippen molar-refractivity contribution in [3.05, 3.63) is 29.8 Å². The Morgan fingerprint density at radius 2 is 1.80 bits per heavy atom. The molecular formula is C13H21NO. The van der Waals surface area contributed by atoms with Crippen LogP contribution in [0.3, 0.4) is 0 Å². The summed E-state index contributed by atoms with van der Waals surface area (Å²) in [4.78, 5) is 2.44. The lowest BCUT2D eigenvalue weighted by Gasteiger charge is -2.26. The van der Waals surface area contributed by atoms with Crippen LogP contribution in [0, 0.1) is 0 Å². The zero-order valence-corrected chi connectivity index (χ0v) is 9.90. The van der Waals surface area contributed by atoms with E-state index >= 15 is 0 Å². The van der Waals surface area contributed by atoms with E-state index < -0.39 is 0 Å². The second-order valence-corrected chi connectivity index (χ2v) is 3.99. The van der Waals surface area contributed by atoms with E-state index in [9.17, 15) is 5.11 Å². The van der Waals surface area contributed by atoms with Gasteiger partial charge in [-0.2, -0.15) is 0 Å². The molecule has 0 aliphatic heterocycles. The number of phenols is 1. The van der Waals surface area contributed by atoms with Gasteiger partial charge in [-0.1, -0.05) is 26.0 Å². The first-order valence-electron chi connectivity index (χ1n) is 5.69. The lowest BCUT2D eigenvalue weighted by Crippen LogP contribution is -2.31. The maximum atomic E-state index is 9.19. The van der Waals surface area contributed by atoms with Crippen LogP contribution in [0.4, 0.5) is 0 Å². The fraction of sp³-hybridized carbons (Fsp3) is 0.538. The fourth-order valence-electron chi connectivity index (χ4n) is 1.67. The Balaban J connectivity index is 2.62. The van der Waals surface area contributed by atoms with Crippen molar-refractivity contribution in [1.29, 1.82) is 0 Å². The van der Waals surface area contributed by atoms with Gasteiger partial charge in [0, 0.05) is 12.6 Å². The molecule has 0 amide bonds. The largest absolute Gasteiger partial charge is 0.508 e. The van der Waals surface area contributed by atoms with Crippen LogP contribution >= 0.6 is 0 Å². The minimum absolute atomic E-state index is 0.338. The third kappa shape index (κ3) is 3.56. The van der Waals surface area contributed by atoms with Crippen LogP contribution in [0.15, 0.2) is 24.3 Å². The molecule has 0 heterocycles. The predicted molar refractivity (Wildman–Crippen MR) is 63.9 cm³/mol. The summed E-state index contributed by atoms with van der Waals surface area (Å²) in [5.74, 6) is 0.338. The topological polar surface area (TPSA) is 23.5 Å². The quantitative estimate of drug-likeness (QED) is 0.802. The van der Waals surface area contributed by atoms with Gasteiger partial charge in [0.1, 0.15) is 5.75 Å². The summed E-state index contributed by atoms with van der Waals surface area (Å²) >= 11 is 0. The molecule has 0 saturated carbocycles. The van der Waals surface area contributed by atoms with E-state index in [0.29, 0.717) is 11.8 Å². The summed E-state index contributed by atoms with van der Waals surface area (Å²) < 4.78 is 0. The summed E-state index contributed by atoms with van der Waals surface area (Å²) in [5.41, 5.74) is 1.26. The highest BCUT2D eigenvalue weighted by molar-refractivity contribution is 5.25. The molecule has 0 aliphatic carbocycles. The molecule has 0 bridgehead atoms. The van der Waals surface area contributed by atoms with Crippen molar-refractivity contribution >= 4 is 0 Å². The Morgan fingerprint density at radius 1 is 1.20 bits per heavy atom. The molecule has 1 aromatic carbocycles. The predicted octanol–water partition coefficient (Wildman–Crippen LogP) is 3.01. The first-order chi connectivity index (χ1) is 7.17. The number of aromatic hydroxyl groups is 1. The molecule has 0 aromatic heterocycles. The molecule has 2 nitrogen and oxygen atoms in total. The molecule has 1 unspecified atom stereocenters. The van der Waals surface area contributed by atoms with Crippen molar-refractivity contribution in [3.63, 3.8) is 0 Å². The van der Waals surface area contributed by atoms with E-state index in [1.54, 1.807) is 12.1 Å². The first-order valence-corrected chi connectivity index (χ1v) is 5.69. The number of hydrogen-bond donors (Lipinski definition) is 1. The van der Waals surface area contributed by atoms with Crippen molar-refractivity contribution in [1.82, 2.24) is 4.90 Å². The average molecular weight is 207 g/mol. The summed E-state index contributed by atoms with van der Waals surface area (Å²) in [7, 11) is 0. The Kier molecular flexibility index (Phi) is 4.63. The first kappa shape index (κ1) is 12.1. The molecule has 1 aromatic rings. The standard InChI is InChI=1S/C13H21NO/c1-4-11(3)14(5-2)10-12-6-8-13(15)9-7-12/h6-9,11,15H,4-5,10H2,1-3H3. The number of phenolic OH excluding ortho intramolecular Hbond substituents is 1. The van der Waals surface area contributed by atoms with Gasteiger partial charge in [0.15, 0.2) is 0 Å². The lowest BCUT2D eigenvalue weighted by atomic mass is 10.1. The fourth-order valence-corrected chi connectivity index (χ4v) is 1.67. The Hall–Kier alpha value is -1.02. The number of rotatable bonds is 5. The highest BCUT2D eigenvalue weighted by atomic mass is 16.3. The molecule has 0 fully saturated rings. The molecule has 1 atom stereocenters. The highest BCUT2D eigenvalue weighted by Gasteiger charge is 2.09. The molecule has 1 N–H and O–H groups in total. The van der Waals surface area contributed by atoms with Gasteiger partial charge < -0.3 is 5.11 Å². The van der Waals surface area contributed by atoms with Crippen molar-refractivity contribution in [3.8, 4) is 5.75 Å². The van der Waals surface area contributed by atoms with Gasteiger partial charge in [0.05, 0.1) is 0 Å². The highest BCUT2D eigenvalue weighted by Crippen LogP contribution is 2.13. The molecule has 84 valence electrons. The molecule has 0 radical (unpaired) electrons. The van der Waals surface area contributed by atoms with Gasteiger partial charge >= 0.3 is 0 Å². The summed E-state index contributed by atoms with van der Waals surface area (Å²) in [6, 6.07) is 8.09. The molecule has 0 aliphatic rings. The minimum atomic E-state index is 0.338. The van der Waals surface area contributed by atoms with Gasteiger partial charge in [-0.25, -0.2) is 0 Å². The van der Waals surface area contributed by atoms with E-state index in [4.69, 9.17) is 0 Å². The van der Waals surface area contributed by atoms with Crippen LogP contribution in [-0.2, 0) is 6.54 Å².